The molecule has 0 radical (unpaired) electrons. The fraction of sp³-hybridized carbons (Fsp3) is 0.304. The largest absolute Gasteiger partial charge is 0.325 e. The highest BCUT2D eigenvalue weighted by atomic mass is 32.2. The van der Waals surface area contributed by atoms with Crippen molar-refractivity contribution in [2.45, 2.75) is 51.3 Å². The molecule has 3 aromatic rings. The number of carbonyl (C=O) groups excluding carboxylic acids is 1. The van der Waals surface area contributed by atoms with Crippen LogP contribution in [0.4, 0.5) is 5.69 Å². The molecule has 1 heterocycles. The van der Waals surface area contributed by atoms with Crippen molar-refractivity contribution >= 4 is 34.3 Å². The molecule has 140 valence electrons. The highest BCUT2D eigenvalue weighted by molar-refractivity contribution is 8.00. The normalized spacial score (nSPS) is 12.2. The maximum absolute atomic E-state index is 12.8. The van der Waals surface area contributed by atoms with Gasteiger partial charge >= 0.3 is 0 Å². The van der Waals surface area contributed by atoms with Crippen LogP contribution >= 0.6 is 11.8 Å². The molecule has 1 aromatic heterocycles. The van der Waals surface area contributed by atoms with Gasteiger partial charge in [-0.1, -0.05) is 54.6 Å². The molecule has 1 unspecified atom stereocenters. The monoisotopic (exact) mass is 378 g/mol. The Labute approximate surface area is 165 Å². The topological polar surface area (TPSA) is 42.0 Å². The number of thioether (sulfide) groups is 1. The molecule has 1 amide bonds. The molecule has 0 aliphatic carbocycles. The van der Waals surface area contributed by atoms with E-state index in [1.165, 1.54) is 28.3 Å². The quantitative estimate of drug-likeness (QED) is 0.556. The highest BCUT2D eigenvalue weighted by Crippen LogP contribution is 2.30. The summed E-state index contributed by atoms with van der Waals surface area (Å²) in [6.07, 6.45) is 0.744. The van der Waals surface area contributed by atoms with Crippen LogP contribution in [0.1, 0.15) is 35.6 Å². The van der Waals surface area contributed by atoms with Crippen molar-refractivity contribution in [2.24, 2.45) is 0 Å². The van der Waals surface area contributed by atoms with Gasteiger partial charge < -0.3 is 5.32 Å². The number of fused-ring (bicyclic) bond motifs is 1. The summed E-state index contributed by atoms with van der Waals surface area (Å²) in [7, 11) is 0. The molecule has 27 heavy (non-hydrogen) atoms. The summed E-state index contributed by atoms with van der Waals surface area (Å²) in [6, 6.07) is 14.4. The molecule has 2 aromatic carbocycles. The lowest BCUT2D eigenvalue weighted by molar-refractivity contribution is -0.115. The second-order valence-electron chi connectivity index (χ2n) is 7.07. The number of aryl methyl sites for hydroxylation is 4. The van der Waals surface area contributed by atoms with E-state index >= 15 is 0 Å². The number of carbonyl (C=O) groups is 1. The number of pyridine rings is 1. The summed E-state index contributed by atoms with van der Waals surface area (Å²) in [5, 5.41) is 4.98. The van der Waals surface area contributed by atoms with Crippen LogP contribution in [-0.2, 0) is 4.79 Å². The summed E-state index contributed by atoms with van der Waals surface area (Å²) in [5.74, 6) is 0.0267. The van der Waals surface area contributed by atoms with E-state index in [0.717, 1.165) is 33.8 Å². The van der Waals surface area contributed by atoms with E-state index in [1.54, 1.807) is 0 Å². The van der Waals surface area contributed by atoms with Gasteiger partial charge in [-0.3, -0.25) is 4.79 Å². The van der Waals surface area contributed by atoms with Crippen molar-refractivity contribution in [3.63, 3.8) is 0 Å². The van der Waals surface area contributed by atoms with Gasteiger partial charge in [0.25, 0.3) is 0 Å². The summed E-state index contributed by atoms with van der Waals surface area (Å²) in [4.78, 5) is 17.7. The smallest absolute Gasteiger partial charge is 0.237 e. The predicted molar refractivity (Wildman–Crippen MR) is 116 cm³/mol. The fourth-order valence-electron chi connectivity index (χ4n) is 3.23. The lowest BCUT2D eigenvalue weighted by Crippen LogP contribution is -2.25. The summed E-state index contributed by atoms with van der Waals surface area (Å²) >= 11 is 1.54. The Balaban J connectivity index is 1.83. The number of hydrogen-bond donors (Lipinski definition) is 1. The van der Waals surface area contributed by atoms with E-state index in [4.69, 9.17) is 4.98 Å². The Morgan fingerprint density at radius 3 is 2.52 bits per heavy atom. The number of nitrogens with one attached hydrogen (secondary N) is 1. The van der Waals surface area contributed by atoms with E-state index < -0.39 is 0 Å². The maximum Gasteiger partial charge on any atom is 0.237 e. The molecular formula is C23H26N2OS. The molecule has 4 heteroatoms. The first kappa shape index (κ1) is 19.4. The summed E-state index contributed by atoms with van der Waals surface area (Å²) in [5.41, 5.74) is 6.52. The van der Waals surface area contributed by atoms with Crippen molar-refractivity contribution in [2.75, 3.05) is 5.32 Å². The Kier molecular flexibility index (Phi) is 5.85. The van der Waals surface area contributed by atoms with E-state index in [-0.39, 0.29) is 11.2 Å². The van der Waals surface area contributed by atoms with Crippen molar-refractivity contribution in [1.29, 1.82) is 0 Å². The van der Waals surface area contributed by atoms with Crippen molar-refractivity contribution in [1.82, 2.24) is 4.98 Å². The molecule has 1 N–H and O–H groups in total. The Morgan fingerprint density at radius 2 is 1.81 bits per heavy atom. The van der Waals surface area contributed by atoms with Crippen LogP contribution in [0.5, 0.6) is 0 Å². The summed E-state index contributed by atoms with van der Waals surface area (Å²) in [6.45, 7) is 10.3. The third kappa shape index (κ3) is 4.33. The number of amides is 1. The molecule has 1 atom stereocenters. The van der Waals surface area contributed by atoms with Crippen LogP contribution in [0, 0.1) is 27.7 Å². The van der Waals surface area contributed by atoms with Crippen LogP contribution in [-0.4, -0.2) is 16.1 Å². The van der Waals surface area contributed by atoms with Gasteiger partial charge in [0, 0.05) is 11.1 Å². The van der Waals surface area contributed by atoms with Crippen LogP contribution in [0.3, 0.4) is 0 Å². The van der Waals surface area contributed by atoms with Gasteiger partial charge in [-0.2, -0.15) is 0 Å². The molecule has 0 saturated heterocycles. The zero-order chi connectivity index (χ0) is 19.6. The first-order valence-electron chi connectivity index (χ1n) is 9.30. The highest BCUT2D eigenvalue weighted by Gasteiger charge is 2.20. The van der Waals surface area contributed by atoms with Crippen molar-refractivity contribution in [3.8, 4) is 0 Å². The van der Waals surface area contributed by atoms with E-state index in [0.29, 0.717) is 0 Å². The molecule has 3 rings (SSSR count). The van der Waals surface area contributed by atoms with Gasteiger partial charge in [-0.15, -0.1) is 0 Å². The van der Waals surface area contributed by atoms with Gasteiger partial charge in [-0.25, -0.2) is 4.98 Å². The molecule has 0 spiro atoms. The van der Waals surface area contributed by atoms with Gasteiger partial charge in [0.15, 0.2) is 0 Å². The van der Waals surface area contributed by atoms with Crippen molar-refractivity contribution in [3.05, 3.63) is 64.7 Å². The second-order valence-corrected chi connectivity index (χ2v) is 8.29. The number of rotatable bonds is 5. The Morgan fingerprint density at radius 1 is 1.04 bits per heavy atom. The van der Waals surface area contributed by atoms with Crippen molar-refractivity contribution < 1.29 is 4.79 Å². The zero-order valence-electron chi connectivity index (χ0n) is 16.6. The summed E-state index contributed by atoms with van der Waals surface area (Å²) < 4.78 is 0. The number of aromatic nitrogens is 1. The molecule has 0 aliphatic rings. The average molecular weight is 379 g/mol. The van der Waals surface area contributed by atoms with Gasteiger partial charge in [0.1, 0.15) is 0 Å². The fourth-order valence-corrected chi connectivity index (χ4v) is 4.24. The molecule has 0 aliphatic heterocycles. The molecular weight excluding hydrogens is 352 g/mol. The van der Waals surface area contributed by atoms with Gasteiger partial charge in [-0.05, 0) is 62.9 Å². The van der Waals surface area contributed by atoms with Crippen LogP contribution < -0.4 is 5.32 Å². The third-order valence-corrected chi connectivity index (χ3v) is 6.07. The van der Waals surface area contributed by atoms with E-state index in [2.05, 4.69) is 56.4 Å². The SMILES string of the molecule is CCC(Sc1cc(C)c2cccc(C)c2n1)C(=O)Nc1ccc(C)cc1C. The lowest BCUT2D eigenvalue weighted by atomic mass is 10.1. The van der Waals surface area contributed by atoms with E-state index in [9.17, 15) is 4.79 Å². The minimum absolute atomic E-state index is 0.0267. The second kappa shape index (κ2) is 8.13. The maximum atomic E-state index is 12.8. The number of para-hydroxylation sites is 1. The molecule has 0 bridgehead atoms. The third-order valence-electron chi connectivity index (χ3n) is 4.79. The minimum Gasteiger partial charge on any atom is -0.325 e. The molecule has 0 fully saturated rings. The first-order chi connectivity index (χ1) is 12.9. The zero-order valence-corrected chi connectivity index (χ0v) is 17.4. The number of nitrogens with zero attached hydrogens (tertiary/aromatic N) is 1. The van der Waals surface area contributed by atoms with Gasteiger partial charge in [0.05, 0.1) is 15.8 Å². The number of benzene rings is 2. The van der Waals surface area contributed by atoms with Crippen LogP contribution in [0.25, 0.3) is 10.9 Å². The van der Waals surface area contributed by atoms with Gasteiger partial charge in [0.2, 0.25) is 5.91 Å². The van der Waals surface area contributed by atoms with E-state index in [1.807, 2.05) is 26.0 Å². The Bertz CT molecular complexity index is 997. The first-order valence-corrected chi connectivity index (χ1v) is 10.2. The number of hydrogen-bond acceptors (Lipinski definition) is 3. The average Bonchev–Trinajstić information content (AvgIpc) is 2.63. The number of anilines is 1. The lowest BCUT2D eigenvalue weighted by Gasteiger charge is -2.17. The van der Waals surface area contributed by atoms with Crippen LogP contribution in [0.15, 0.2) is 47.5 Å². The standard InChI is InChI=1S/C23H26N2OS/c1-6-20(23(26)24-19-11-10-14(2)12-17(19)5)27-21-13-16(4)18-9-7-8-15(3)22(18)25-21/h7-13,20H,6H2,1-5H3,(H,24,26). The van der Waals surface area contributed by atoms with Crippen LogP contribution in [0.2, 0.25) is 0 Å². The Hall–Kier alpha value is -2.33. The minimum atomic E-state index is -0.181. The molecule has 0 saturated carbocycles. The predicted octanol–water partition coefficient (Wildman–Crippen LogP) is 5.98. The molecule has 3 nitrogen and oxygen atoms in total.